The highest BCUT2D eigenvalue weighted by molar-refractivity contribution is 9.09. The molecule has 4 unspecified atom stereocenters. The van der Waals surface area contributed by atoms with Gasteiger partial charge in [-0.3, -0.25) is 19.3 Å². The van der Waals surface area contributed by atoms with Crippen LogP contribution in [0.25, 0.3) is 11.0 Å². The Balaban J connectivity index is 1.20. The Hall–Kier alpha value is -4.80. The Morgan fingerprint density at radius 2 is 1.77 bits per heavy atom. The molecule has 2 aromatic carbocycles. The molecule has 276 valence electrons. The molecule has 18 heteroatoms. The van der Waals surface area contributed by atoms with E-state index in [0.717, 1.165) is 9.47 Å². The third kappa shape index (κ3) is 4.84. The van der Waals surface area contributed by atoms with E-state index in [1.54, 1.807) is 31.3 Å². The lowest BCUT2D eigenvalue weighted by Gasteiger charge is -2.49. The maximum absolute atomic E-state index is 14.3. The van der Waals surface area contributed by atoms with Crippen molar-refractivity contribution in [1.29, 1.82) is 0 Å². The number of imide groups is 1. The molecule has 4 atom stereocenters. The molecule has 4 aromatic rings. The Morgan fingerprint density at radius 1 is 1.04 bits per heavy atom. The molecule has 0 bridgehead atoms. The van der Waals surface area contributed by atoms with Gasteiger partial charge in [-0.25, -0.2) is 28.5 Å². The van der Waals surface area contributed by atoms with Crippen molar-refractivity contribution in [3.63, 3.8) is 0 Å². The molecule has 0 radical (unpaired) electrons. The number of alkyl halides is 3. The molecular formula is C35H31BrCl2N6O9. The number of amides is 2. The SMILES string of the molecule is COc1cc2nc(CCn3c(=O)n4n(c3=O)C3CC5(Cl)C(=O)N(CBr)C(=O)C5(Cl)C(C5=COc6ccc(O)cc6C5)C3=CC4)c(=O)n(C)c2cc1OC. The van der Waals surface area contributed by atoms with Gasteiger partial charge in [0.05, 0.1) is 49.6 Å². The lowest BCUT2D eigenvalue weighted by atomic mass is 9.63. The Bertz CT molecular complexity index is 2540. The average molecular weight is 830 g/mol. The van der Waals surface area contributed by atoms with Crippen LogP contribution in [0.3, 0.4) is 0 Å². The first-order valence-corrected chi connectivity index (χ1v) is 18.4. The number of hydrogen-bond donors (Lipinski definition) is 1. The van der Waals surface area contributed by atoms with Crippen molar-refractivity contribution in [2.45, 2.75) is 48.1 Å². The highest BCUT2D eigenvalue weighted by Gasteiger charge is 2.75. The number of aryl methyl sites for hydroxylation is 2. The molecule has 1 saturated carbocycles. The van der Waals surface area contributed by atoms with E-state index in [-0.39, 0.29) is 49.2 Å². The molecule has 2 aromatic heterocycles. The van der Waals surface area contributed by atoms with Crippen molar-refractivity contribution in [3.8, 4) is 23.0 Å². The fourth-order valence-electron chi connectivity index (χ4n) is 8.16. The fraction of sp³-hybridized carbons (Fsp3) is 0.371. The number of allylic oxidation sites excluding steroid dienone is 3. The number of aromatic nitrogens is 5. The predicted molar refractivity (Wildman–Crippen MR) is 195 cm³/mol. The van der Waals surface area contributed by atoms with Crippen LogP contribution in [0.1, 0.15) is 23.7 Å². The van der Waals surface area contributed by atoms with E-state index in [9.17, 15) is 29.1 Å². The van der Waals surface area contributed by atoms with Gasteiger partial charge in [0.2, 0.25) is 0 Å². The zero-order chi connectivity index (χ0) is 37.7. The molecule has 53 heavy (non-hydrogen) atoms. The van der Waals surface area contributed by atoms with Gasteiger partial charge in [0.15, 0.2) is 21.2 Å². The molecule has 15 nitrogen and oxygen atoms in total. The van der Waals surface area contributed by atoms with Gasteiger partial charge in [-0.1, -0.05) is 22.0 Å². The minimum Gasteiger partial charge on any atom is -0.508 e. The fourth-order valence-corrected chi connectivity index (χ4v) is 9.57. The molecule has 0 spiro atoms. The van der Waals surface area contributed by atoms with E-state index in [1.165, 1.54) is 46.5 Å². The summed E-state index contributed by atoms with van der Waals surface area (Å²) in [5, 5.41) is 10.2. The summed E-state index contributed by atoms with van der Waals surface area (Å²) in [7, 11) is 4.56. The standard InChI is InChI=1S/C35H31BrCl2N6O9/c1-40-23-13-27(52-3)26(51-2)12-22(23)39-21(29(40)46)7-8-41-32(49)43-9-6-20-24(44(43)33(41)50)14-34(37)30(47)42(16-36)31(48)35(34,38)28(20)18-10-17-11-19(45)4-5-25(17)53-15-18/h4-6,11-13,15,24,28,45H,7-10,14,16H2,1-3H3. The monoisotopic (exact) mass is 828 g/mol. The molecule has 2 amide bonds. The summed E-state index contributed by atoms with van der Waals surface area (Å²) >= 11 is 17.8. The number of nitrogens with zero attached hydrogens (tertiary/aromatic N) is 6. The van der Waals surface area contributed by atoms with Gasteiger partial charge in [-0.05, 0) is 29.3 Å². The van der Waals surface area contributed by atoms with Crippen molar-refractivity contribution in [3.05, 3.63) is 96.4 Å². The smallest absolute Gasteiger partial charge is 0.347 e. The van der Waals surface area contributed by atoms with Crippen LogP contribution in [-0.4, -0.2) is 74.7 Å². The van der Waals surface area contributed by atoms with E-state index >= 15 is 0 Å². The second-order valence-electron chi connectivity index (χ2n) is 13.3. The second kappa shape index (κ2) is 12.4. The maximum Gasteiger partial charge on any atom is 0.347 e. The molecule has 2 fully saturated rings. The molecule has 1 aliphatic carbocycles. The van der Waals surface area contributed by atoms with Crippen LogP contribution in [-0.2, 0) is 42.6 Å². The summed E-state index contributed by atoms with van der Waals surface area (Å²) in [6, 6.07) is 6.94. The lowest BCUT2D eigenvalue weighted by Crippen LogP contribution is -2.61. The van der Waals surface area contributed by atoms with Crippen LogP contribution in [0, 0.1) is 5.92 Å². The minimum absolute atomic E-state index is 0.00507. The number of likely N-dealkylation sites (tertiary alicyclic amines) is 1. The van der Waals surface area contributed by atoms with Crippen molar-refractivity contribution in [1.82, 2.24) is 28.4 Å². The third-order valence-electron chi connectivity index (χ3n) is 10.7. The first kappa shape index (κ1) is 35.2. The van der Waals surface area contributed by atoms with E-state index < -0.39 is 50.5 Å². The maximum atomic E-state index is 14.3. The topological polar surface area (TPSA) is 169 Å². The van der Waals surface area contributed by atoms with Crippen molar-refractivity contribution in [2.75, 3.05) is 19.7 Å². The highest BCUT2D eigenvalue weighted by Crippen LogP contribution is 2.62. The number of hydrogen-bond acceptors (Lipinski definition) is 10. The average Bonchev–Trinajstić information content (AvgIpc) is 3.48. The first-order valence-electron chi connectivity index (χ1n) is 16.5. The number of aromatic hydroxyl groups is 1. The number of benzene rings is 2. The van der Waals surface area contributed by atoms with Gasteiger partial charge in [-0.15, -0.1) is 23.2 Å². The summed E-state index contributed by atoms with van der Waals surface area (Å²) in [6.07, 6.45) is 3.04. The normalized spacial score (nSPS) is 24.5. The van der Waals surface area contributed by atoms with Gasteiger partial charge >= 0.3 is 11.4 Å². The third-order valence-corrected chi connectivity index (χ3v) is 12.6. The summed E-state index contributed by atoms with van der Waals surface area (Å²) in [5.74, 6) is -1.16. The summed E-state index contributed by atoms with van der Waals surface area (Å²) in [5.41, 5.74) is 0.771. The van der Waals surface area contributed by atoms with Gasteiger partial charge in [0.1, 0.15) is 17.2 Å². The van der Waals surface area contributed by atoms with Crippen LogP contribution in [0.5, 0.6) is 23.0 Å². The number of methoxy groups -OCH3 is 2. The van der Waals surface area contributed by atoms with Gasteiger partial charge in [-0.2, -0.15) is 0 Å². The zero-order valence-corrected chi connectivity index (χ0v) is 31.6. The predicted octanol–water partition coefficient (Wildman–Crippen LogP) is 2.72. The van der Waals surface area contributed by atoms with Crippen LogP contribution < -0.4 is 31.1 Å². The molecule has 1 N–H and O–H groups in total. The van der Waals surface area contributed by atoms with Gasteiger partial charge < -0.3 is 23.9 Å². The van der Waals surface area contributed by atoms with E-state index in [4.69, 9.17) is 37.4 Å². The van der Waals surface area contributed by atoms with E-state index in [1.807, 2.05) is 0 Å². The summed E-state index contributed by atoms with van der Waals surface area (Å²) < 4.78 is 21.6. The number of halogens is 3. The van der Waals surface area contributed by atoms with Crippen molar-refractivity contribution >= 4 is 62.0 Å². The minimum atomic E-state index is -2.03. The number of rotatable bonds is 7. The molecule has 3 aliphatic heterocycles. The number of phenolic OH excluding ortho intramolecular Hbond substituents is 1. The van der Waals surface area contributed by atoms with Crippen LogP contribution in [0.2, 0.25) is 0 Å². The van der Waals surface area contributed by atoms with Crippen LogP contribution in [0.15, 0.2) is 68.2 Å². The molecular weight excluding hydrogens is 799 g/mol. The quantitative estimate of drug-likeness (QED) is 0.127. The van der Waals surface area contributed by atoms with E-state index in [0.29, 0.717) is 45.0 Å². The molecule has 8 rings (SSSR count). The molecule has 5 heterocycles. The second-order valence-corrected chi connectivity index (χ2v) is 15.1. The molecule has 4 aliphatic rings. The van der Waals surface area contributed by atoms with Crippen LogP contribution in [0.4, 0.5) is 0 Å². The van der Waals surface area contributed by atoms with Crippen molar-refractivity contribution < 1.29 is 28.9 Å². The Kier molecular flexibility index (Phi) is 8.23. The molecule has 1 saturated heterocycles. The number of phenols is 1. The summed E-state index contributed by atoms with van der Waals surface area (Å²) in [6.45, 7) is -0.240. The number of carbonyl (C=O) groups excluding carboxylic acids is 2. The number of fused-ring (bicyclic) bond motifs is 6. The van der Waals surface area contributed by atoms with E-state index in [2.05, 4.69) is 20.9 Å². The largest absolute Gasteiger partial charge is 0.508 e. The Morgan fingerprint density at radius 3 is 2.49 bits per heavy atom. The Labute approximate surface area is 318 Å². The summed E-state index contributed by atoms with van der Waals surface area (Å²) in [4.78, 5) is 71.0. The van der Waals surface area contributed by atoms with Crippen LogP contribution >= 0.6 is 39.1 Å². The number of ether oxygens (including phenoxy) is 3. The lowest BCUT2D eigenvalue weighted by molar-refractivity contribution is -0.138. The highest BCUT2D eigenvalue weighted by atomic mass is 79.9. The first-order chi connectivity index (χ1) is 25.3. The number of carbonyl (C=O) groups is 2. The van der Waals surface area contributed by atoms with Crippen molar-refractivity contribution in [2.24, 2.45) is 13.0 Å². The van der Waals surface area contributed by atoms with Gasteiger partial charge in [0.25, 0.3) is 17.4 Å². The zero-order valence-electron chi connectivity index (χ0n) is 28.5. The van der Waals surface area contributed by atoms with Gasteiger partial charge in [0, 0.05) is 56.5 Å².